The summed E-state index contributed by atoms with van der Waals surface area (Å²) in [4.78, 5) is 15.5. The summed E-state index contributed by atoms with van der Waals surface area (Å²) in [5.41, 5.74) is 4.24. The summed E-state index contributed by atoms with van der Waals surface area (Å²) in [7, 11) is 1.98. The molecule has 1 amide bonds. The number of fused-ring (bicyclic) bond motifs is 3. The lowest BCUT2D eigenvalue weighted by molar-refractivity contribution is 0.0697. The van der Waals surface area contributed by atoms with Crippen LogP contribution in [0.1, 0.15) is 72.0 Å². The smallest absolute Gasteiger partial charge is 0.255 e. The Labute approximate surface area is 184 Å². The number of halogens is 1. The van der Waals surface area contributed by atoms with Crippen LogP contribution < -0.4 is 5.32 Å². The first-order valence-corrected chi connectivity index (χ1v) is 11.6. The summed E-state index contributed by atoms with van der Waals surface area (Å²) in [5, 5.41) is 4.53. The van der Waals surface area contributed by atoms with Crippen molar-refractivity contribution in [1.82, 2.24) is 4.90 Å². The summed E-state index contributed by atoms with van der Waals surface area (Å²) in [6.07, 6.45) is 11.6. The van der Waals surface area contributed by atoms with E-state index in [-0.39, 0.29) is 11.9 Å². The van der Waals surface area contributed by atoms with E-state index in [1.807, 2.05) is 36.2 Å². The first-order chi connectivity index (χ1) is 14.6. The minimum absolute atomic E-state index is 0.136. The average Bonchev–Trinajstić information content (AvgIpc) is 3.28. The van der Waals surface area contributed by atoms with Crippen molar-refractivity contribution >= 4 is 23.2 Å². The number of amides is 1. The van der Waals surface area contributed by atoms with Gasteiger partial charge in [0.15, 0.2) is 0 Å². The Balaban J connectivity index is 1.52. The molecule has 0 spiro atoms. The molecule has 5 rings (SSSR count). The Morgan fingerprint density at radius 3 is 2.70 bits per heavy atom. The van der Waals surface area contributed by atoms with Crippen molar-refractivity contribution in [3.8, 4) is 0 Å². The van der Waals surface area contributed by atoms with E-state index in [1.165, 1.54) is 30.4 Å². The highest BCUT2D eigenvalue weighted by Gasteiger charge is 2.39. The Kier molecular flexibility index (Phi) is 5.32. The summed E-state index contributed by atoms with van der Waals surface area (Å²) in [5.74, 6) is 0.909. The number of carbonyl (C=O) groups excluding carboxylic acids is 1. The topological polar surface area (TPSA) is 32.3 Å². The third-order valence-electron chi connectivity index (χ3n) is 7.28. The van der Waals surface area contributed by atoms with Gasteiger partial charge in [0, 0.05) is 24.0 Å². The van der Waals surface area contributed by atoms with Crippen LogP contribution in [0.25, 0.3) is 0 Å². The molecule has 156 valence electrons. The van der Waals surface area contributed by atoms with Gasteiger partial charge in [-0.2, -0.15) is 0 Å². The molecule has 3 nitrogen and oxygen atoms in total. The standard InChI is InChI=1S/C26H29ClN2O/c1-29(19-10-3-2-4-11-19)26(30)23-15-7-14-22-20-12-6-13-21(20)24(28-25(22)23)17-8-5-9-18(27)16-17/h5-9,12,14-16,19-21,24,28H,2-4,10-11,13H2,1H3. The van der Waals surface area contributed by atoms with Gasteiger partial charge in [0.1, 0.15) is 0 Å². The van der Waals surface area contributed by atoms with Crippen molar-refractivity contribution in [2.75, 3.05) is 12.4 Å². The molecule has 0 bridgehead atoms. The highest BCUT2D eigenvalue weighted by Crippen LogP contribution is 2.51. The Bertz CT molecular complexity index is 979. The maximum atomic E-state index is 13.6. The maximum Gasteiger partial charge on any atom is 0.255 e. The molecule has 1 fully saturated rings. The third kappa shape index (κ3) is 3.43. The summed E-state index contributed by atoms with van der Waals surface area (Å²) < 4.78 is 0. The fraction of sp³-hybridized carbons (Fsp3) is 0.423. The van der Waals surface area contributed by atoms with Gasteiger partial charge in [-0.25, -0.2) is 0 Å². The van der Waals surface area contributed by atoms with Crippen molar-refractivity contribution < 1.29 is 4.79 Å². The Morgan fingerprint density at radius 1 is 1.10 bits per heavy atom. The molecule has 0 saturated heterocycles. The second kappa shape index (κ2) is 8.11. The molecule has 30 heavy (non-hydrogen) atoms. The number of benzene rings is 2. The number of anilines is 1. The fourth-order valence-corrected chi connectivity index (χ4v) is 5.85. The zero-order valence-corrected chi connectivity index (χ0v) is 18.2. The molecular formula is C26H29ClN2O. The van der Waals surface area contributed by atoms with Crippen molar-refractivity contribution in [2.24, 2.45) is 5.92 Å². The van der Waals surface area contributed by atoms with E-state index >= 15 is 0 Å². The molecule has 0 radical (unpaired) electrons. The SMILES string of the molecule is CN(C(=O)c1cccc2c1NC(c1cccc(Cl)c1)C1CC=CC21)C1CCCCC1. The number of allylic oxidation sites excluding steroid dienone is 2. The van der Waals surface area contributed by atoms with Gasteiger partial charge in [-0.05, 0) is 54.5 Å². The predicted octanol–water partition coefficient (Wildman–Crippen LogP) is 6.57. The molecule has 2 aliphatic carbocycles. The van der Waals surface area contributed by atoms with Crippen LogP contribution >= 0.6 is 11.6 Å². The summed E-state index contributed by atoms with van der Waals surface area (Å²) >= 11 is 6.31. The van der Waals surface area contributed by atoms with Crippen LogP contribution in [0.3, 0.4) is 0 Å². The number of nitrogens with one attached hydrogen (secondary N) is 1. The van der Waals surface area contributed by atoms with E-state index in [2.05, 4.69) is 35.7 Å². The molecule has 0 aromatic heterocycles. The number of para-hydroxylation sites is 1. The number of hydrogen-bond donors (Lipinski definition) is 1. The van der Waals surface area contributed by atoms with E-state index < -0.39 is 0 Å². The van der Waals surface area contributed by atoms with Crippen molar-refractivity contribution in [3.63, 3.8) is 0 Å². The zero-order valence-electron chi connectivity index (χ0n) is 17.5. The van der Waals surface area contributed by atoms with Gasteiger partial charge >= 0.3 is 0 Å². The summed E-state index contributed by atoms with van der Waals surface area (Å²) in [6.45, 7) is 0. The molecule has 1 heterocycles. The minimum Gasteiger partial charge on any atom is -0.377 e. The second-order valence-corrected chi connectivity index (χ2v) is 9.44. The van der Waals surface area contributed by atoms with E-state index in [9.17, 15) is 4.79 Å². The van der Waals surface area contributed by atoms with Crippen LogP contribution in [0.15, 0.2) is 54.6 Å². The van der Waals surface area contributed by atoms with Gasteiger partial charge in [-0.3, -0.25) is 4.79 Å². The Morgan fingerprint density at radius 2 is 1.90 bits per heavy atom. The monoisotopic (exact) mass is 420 g/mol. The average molecular weight is 421 g/mol. The molecule has 4 heteroatoms. The van der Waals surface area contributed by atoms with Gasteiger partial charge in [0.05, 0.1) is 17.3 Å². The molecule has 2 aromatic rings. The van der Waals surface area contributed by atoms with E-state index in [0.29, 0.717) is 17.9 Å². The molecule has 1 aliphatic heterocycles. The zero-order chi connectivity index (χ0) is 20.7. The van der Waals surface area contributed by atoms with E-state index in [1.54, 1.807) is 0 Å². The molecule has 1 N–H and O–H groups in total. The Hall–Kier alpha value is -2.26. The highest BCUT2D eigenvalue weighted by molar-refractivity contribution is 6.30. The van der Waals surface area contributed by atoms with Crippen LogP contribution in [-0.2, 0) is 0 Å². The van der Waals surface area contributed by atoms with Crippen LogP contribution in [0.4, 0.5) is 5.69 Å². The summed E-state index contributed by atoms with van der Waals surface area (Å²) in [6, 6.07) is 14.8. The van der Waals surface area contributed by atoms with Crippen LogP contribution in [0.2, 0.25) is 5.02 Å². The van der Waals surface area contributed by atoms with Gasteiger partial charge in [0.2, 0.25) is 0 Å². The lowest BCUT2D eigenvalue weighted by Gasteiger charge is -2.39. The van der Waals surface area contributed by atoms with Gasteiger partial charge in [-0.1, -0.05) is 67.3 Å². The quantitative estimate of drug-likeness (QED) is 0.569. The fourth-order valence-electron chi connectivity index (χ4n) is 5.65. The van der Waals surface area contributed by atoms with E-state index in [4.69, 9.17) is 11.6 Å². The van der Waals surface area contributed by atoms with Gasteiger partial charge in [-0.15, -0.1) is 0 Å². The van der Waals surface area contributed by atoms with Crippen LogP contribution in [0, 0.1) is 5.92 Å². The van der Waals surface area contributed by atoms with Crippen LogP contribution in [-0.4, -0.2) is 23.9 Å². The maximum absolute atomic E-state index is 13.6. The van der Waals surface area contributed by atoms with Gasteiger partial charge < -0.3 is 10.2 Å². The van der Waals surface area contributed by atoms with Crippen molar-refractivity contribution in [2.45, 2.75) is 56.5 Å². The molecule has 1 saturated carbocycles. The molecule has 3 atom stereocenters. The molecule has 2 aromatic carbocycles. The number of hydrogen-bond acceptors (Lipinski definition) is 2. The van der Waals surface area contributed by atoms with E-state index in [0.717, 1.165) is 35.5 Å². The first kappa shape index (κ1) is 19.7. The number of nitrogens with zero attached hydrogens (tertiary/aromatic N) is 1. The van der Waals surface area contributed by atoms with Crippen molar-refractivity contribution in [3.05, 3.63) is 76.3 Å². The minimum atomic E-state index is 0.136. The normalized spacial score (nSPS) is 25.3. The number of carbonyl (C=O) groups is 1. The molecule has 3 unspecified atom stereocenters. The lowest BCUT2D eigenvalue weighted by atomic mass is 9.76. The third-order valence-corrected chi connectivity index (χ3v) is 7.51. The molecule has 3 aliphatic rings. The van der Waals surface area contributed by atoms with Crippen LogP contribution in [0.5, 0.6) is 0 Å². The predicted molar refractivity (Wildman–Crippen MR) is 123 cm³/mol. The first-order valence-electron chi connectivity index (χ1n) is 11.2. The number of rotatable bonds is 3. The highest BCUT2D eigenvalue weighted by atomic mass is 35.5. The second-order valence-electron chi connectivity index (χ2n) is 9.01. The lowest BCUT2D eigenvalue weighted by Crippen LogP contribution is -2.39. The molecular weight excluding hydrogens is 392 g/mol. The van der Waals surface area contributed by atoms with Crippen molar-refractivity contribution in [1.29, 1.82) is 0 Å². The van der Waals surface area contributed by atoms with Gasteiger partial charge in [0.25, 0.3) is 5.91 Å². The largest absolute Gasteiger partial charge is 0.377 e.